The average molecular weight is 698 g/mol. The van der Waals surface area contributed by atoms with E-state index in [0.29, 0.717) is 0 Å². The van der Waals surface area contributed by atoms with Crippen LogP contribution in [0.25, 0.3) is 44.5 Å². The number of hydrogen-bond acceptors (Lipinski definition) is 0. The summed E-state index contributed by atoms with van der Waals surface area (Å²) < 4.78 is 3.16. The topological polar surface area (TPSA) is 0 Å². The van der Waals surface area contributed by atoms with Gasteiger partial charge < -0.3 is 0 Å². The van der Waals surface area contributed by atoms with Gasteiger partial charge in [0.05, 0.1) is 0 Å². The van der Waals surface area contributed by atoms with Crippen molar-refractivity contribution in [3.05, 3.63) is 152 Å². The molecule has 49 heavy (non-hydrogen) atoms. The van der Waals surface area contributed by atoms with Gasteiger partial charge in [0.25, 0.3) is 0 Å². The second-order valence-electron chi connectivity index (χ2n) is 14.9. The van der Waals surface area contributed by atoms with Gasteiger partial charge in [-0.25, -0.2) is 0 Å². The van der Waals surface area contributed by atoms with Crippen molar-refractivity contribution in [2.24, 2.45) is 0 Å². The molecule has 0 atom stereocenters. The Bertz CT molecular complexity index is 1860. The van der Waals surface area contributed by atoms with Crippen LogP contribution in [-0.4, -0.2) is 17.4 Å². The van der Waals surface area contributed by atoms with E-state index in [1.165, 1.54) is 111 Å². The van der Waals surface area contributed by atoms with Gasteiger partial charge in [-0.3, -0.25) is 0 Å². The van der Waals surface area contributed by atoms with Crippen molar-refractivity contribution < 1.29 is 0 Å². The molecule has 6 rings (SSSR count). The van der Waals surface area contributed by atoms with E-state index in [1.54, 1.807) is 8.24 Å². The normalized spacial score (nSPS) is 11.3. The molecule has 0 heterocycles. The van der Waals surface area contributed by atoms with Crippen molar-refractivity contribution in [3.8, 4) is 44.5 Å². The van der Waals surface area contributed by atoms with Crippen LogP contribution in [0.15, 0.2) is 84.9 Å². The Kier molecular flexibility index (Phi) is 9.73. The Labute approximate surface area is 303 Å². The average Bonchev–Trinajstić information content (AvgIpc) is 2.97. The minimum absolute atomic E-state index is 1.33. The molecule has 0 aliphatic heterocycles. The Morgan fingerprint density at radius 2 is 0.469 bits per heavy atom. The van der Waals surface area contributed by atoms with Gasteiger partial charge in [-0.15, -0.1) is 0 Å². The predicted molar refractivity (Wildman–Crippen MR) is 218 cm³/mol. The van der Waals surface area contributed by atoms with Crippen LogP contribution in [0.4, 0.5) is 0 Å². The fourth-order valence-electron chi connectivity index (χ4n) is 9.09. The van der Waals surface area contributed by atoms with E-state index >= 15 is 0 Å². The van der Waals surface area contributed by atoms with Crippen molar-refractivity contribution in [1.29, 1.82) is 0 Å². The molecular formula is C48H51Ga. The zero-order valence-electron chi connectivity index (χ0n) is 31.8. The molecule has 0 aliphatic carbocycles. The summed E-state index contributed by atoms with van der Waals surface area (Å²) in [6.45, 7) is 27.3. The molecule has 6 aromatic carbocycles. The molecule has 0 radical (unpaired) electrons. The summed E-state index contributed by atoms with van der Waals surface area (Å²) in [6.07, 6.45) is 0. The standard InChI is InChI=1S/2C24H25.Ga.H/c2*1-15-10-17(3)23(18(4)11-15)21-8-7-9-22(14-21)24-19(5)12-16(2)13-20(24)6;;/h2*7-13H,1-6H3;;. The fraction of sp³-hybridized carbons (Fsp3) is 0.250. The summed E-state index contributed by atoms with van der Waals surface area (Å²) in [6, 6.07) is 33.2. The maximum atomic E-state index is 2.42. The Morgan fingerprint density at radius 1 is 0.286 bits per heavy atom. The second-order valence-corrected chi connectivity index (χ2v) is 18.6. The van der Waals surface area contributed by atoms with Gasteiger partial charge in [-0.2, -0.15) is 0 Å². The Balaban J connectivity index is 1.76. The quantitative estimate of drug-likeness (QED) is 0.152. The first kappa shape index (κ1) is 34.8. The molecule has 0 N–H and O–H groups in total. The number of hydrogen-bond donors (Lipinski definition) is 0. The number of rotatable bonds is 6. The van der Waals surface area contributed by atoms with Gasteiger partial charge in [0.2, 0.25) is 0 Å². The van der Waals surface area contributed by atoms with E-state index < -0.39 is 17.4 Å². The molecule has 0 spiro atoms. The third-order valence-electron chi connectivity index (χ3n) is 10.5. The maximum absolute atomic E-state index is 2.42. The Morgan fingerprint density at radius 3 is 0.653 bits per heavy atom. The molecule has 0 nitrogen and oxygen atoms in total. The first-order chi connectivity index (χ1) is 23.2. The van der Waals surface area contributed by atoms with E-state index in [2.05, 4.69) is 168 Å². The van der Waals surface area contributed by atoms with E-state index in [0.717, 1.165) is 0 Å². The molecule has 0 aromatic heterocycles. The monoisotopic (exact) mass is 696 g/mol. The summed E-state index contributed by atoms with van der Waals surface area (Å²) in [5.41, 5.74) is 27.5. The first-order valence-corrected chi connectivity index (χ1v) is 20.8. The van der Waals surface area contributed by atoms with Crippen LogP contribution in [0, 0.1) is 83.1 Å². The molecule has 0 saturated carbocycles. The number of aryl methyl sites for hydroxylation is 12. The van der Waals surface area contributed by atoms with Crippen LogP contribution >= 0.6 is 0 Å². The molecule has 246 valence electrons. The molecule has 0 bridgehead atoms. The van der Waals surface area contributed by atoms with Gasteiger partial charge in [0, 0.05) is 0 Å². The molecular weight excluding hydrogens is 646 g/mol. The minimum atomic E-state index is -1.76. The fourth-order valence-corrected chi connectivity index (χ4v) is 13.9. The van der Waals surface area contributed by atoms with Crippen molar-refractivity contribution >= 4 is 25.6 Å². The molecule has 1 heteroatoms. The van der Waals surface area contributed by atoms with Crippen molar-refractivity contribution in [3.63, 3.8) is 0 Å². The van der Waals surface area contributed by atoms with Gasteiger partial charge >= 0.3 is 305 Å². The molecule has 0 amide bonds. The molecule has 0 aliphatic rings. The molecule has 0 unspecified atom stereocenters. The zero-order chi connectivity index (χ0) is 35.3. The van der Waals surface area contributed by atoms with Gasteiger partial charge in [0.15, 0.2) is 0 Å². The number of benzene rings is 6. The van der Waals surface area contributed by atoms with E-state index in [4.69, 9.17) is 0 Å². The van der Waals surface area contributed by atoms with Gasteiger partial charge in [-0.1, -0.05) is 0 Å². The summed E-state index contributed by atoms with van der Waals surface area (Å²) in [5.74, 6) is 0. The summed E-state index contributed by atoms with van der Waals surface area (Å²) in [5, 5.41) is 0. The molecule has 6 aromatic rings. The summed E-state index contributed by atoms with van der Waals surface area (Å²) >= 11 is -1.76. The van der Waals surface area contributed by atoms with Crippen molar-refractivity contribution in [2.75, 3.05) is 0 Å². The zero-order valence-corrected chi connectivity index (χ0v) is 34.8. The first-order valence-electron chi connectivity index (χ1n) is 17.8. The van der Waals surface area contributed by atoms with E-state index in [9.17, 15) is 0 Å². The van der Waals surface area contributed by atoms with E-state index in [1.807, 2.05) is 0 Å². The third-order valence-corrected chi connectivity index (χ3v) is 15.2. The summed E-state index contributed by atoms with van der Waals surface area (Å²) in [4.78, 5) is 0. The predicted octanol–water partition coefficient (Wildman–Crippen LogP) is 11.4. The van der Waals surface area contributed by atoms with Gasteiger partial charge in [0.1, 0.15) is 0 Å². The van der Waals surface area contributed by atoms with Crippen LogP contribution < -0.4 is 8.24 Å². The van der Waals surface area contributed by atoms with Crippen LogP contribution in [0.3, 0.4) is 0 Å². The SMILES string of the molecule is Cc1cc(C)c(-c2cccc(-c3c(C)cc(C)cc3C)[c]2[GaH][c]2c(-c3c(C)cc(C)cc3C)cccc2-c2c(C)cc(C)cc2C)c(C)c1. The van der Waals surface area contributed by atoms with Crippen LogP contribution in [0.2, 0.25) is 0 Å². The van der Waals surface area contributed by atoms with Crippen LogP contribution in [-0.2, 0) is 0 Å². The third kappa shape index (κ3) is 6.64. The van der Waals surface area contributed by atoms with Crippen molar-refractivity contribution in [2.45, 2.75) is 83.1 Å². The van der Waals surface area contributed by atoms with Gasteiger partial charge in [-0.05, 0) is 0 Å². The summed E-state index contributed by atoms with van der Waals surface area (Å²) in [7, 11) is 0. The molecule has 0 fully saturated rings. The molecule has 0 saturated heterocycles. The second kappa shape index (κ2) is 13.7. The van der Waals surface area contributed by atoms with Crippen LogP contribution in [0.1, 0.15) is 66.8 Å². The Hall–Kier alpha value is -4.04. The van der Waals surface area contributed by atoms with E-state index in [-0.39, 0.29) is 0 Å². The van der Waals surface area contributed by atoms with Crippen LogP contribution in [0.5, 0.6) is 0 Å². The van der Waals surface area contributed by atoms with Crippen molar-refractivity contribution in [1.82, 2.24) is 0 Å².